The molecule has 0 fully saturated rings. The molecular formula is C28H23ClN4O6S. The zero-order chi connectivity index (χ0) is 28.6. The maximum absolute atomic E-state index is 13.9. The van der Waals surface area contributed by atoms with Crippen LogP contribution >= 0.6 is 11.6 Å². The molecule has 0 aliphatic carbocycles. The summed E-state index contributed by atoms with van der Waals surface area (Å²) in [6, 6.07) is 15.3. The number of nitrogens with one attached hydrogen (secondary N) is 2. The van der Waals surface area contributed by atoms with Crippen LogP contribution in [0.3, 0.4) is 0 Å². The van der Waals surface area contributed by atoms with Crippen molar-refractivity contribution in [3.05, 3.63) is 99.5 Å². The molecule has 10 nitrogen and oxygen atoms in total. The van der Waals surface area contributed by atoms with Crippen LogP contribution in [0.2, 0.25) is 5.15 Å². The highest BCUT2D eigenvalue weighted by Crippen LogP contribution is 2.36. The molecule has 2 aromatic carbocycles. The number of hydrogen-bond acceptors (Lipinski definition) is 9. The Morgan fingerprint density at radius 2 is 1.85 bits per heavy atom. The van der Waals surface area contributed by atoms with Crippen LogP contribution in [0.25, 0.3) is 33.6 Å². The van der Waals surface area contributed by atoms with Gasteiger partial charge in [-0.25, -0.2) is 23.1 Å². The summed E-state index contributed by atoms with van der Waals surface area (Å²) < 4.78 is 36.9. The van der Waals surface area contributed by atoms with Gasteiger partial charge >= 0.3 is 0 Å². The van der Waals surface area contributed by atoms with Crippen molar-refractivity contribution < 1.29 is 22.0 Å². The number of aryl methyl sites for hydroxylation is 1. The molecule has 0 spiro atoms. The van der Waals surface area contributed by atoms with Gasteiger partial charge in [-0.15, -0.1) is 0 Å². The number of halogens is 1. The van der Waals surface area contributed by atoms with E-state index in [1.807, 2.05) is 55.0 Å². The zero-order valence-corrected chi connectivity index (χ0v) is 23.1. The standard InChI is InChI=1S/C28H23ClN4O6S/c1-15-11-18(16(2)31-20-9-10-22(29)32-24(20)28(35)33-40(3,36)37)27-19(12-15)25(34)23(21-13-38-14-30-21)26(39-27)17-7-5-4-6-8-17/h4-14,16,31H,1-3H3,(H,33,35)/t16-/m1/s1. The average molecular weight is 579 g/mol. The predicted octanol–water partition coefficient (Wildman–Crippen LogP) is 5.33. The van der Waals surface area contributed by atoms with Crippen molar-refractivity contribution in [1.82, 2.24) is 14.7 Å². The number of fused-ring (bicyclic) bond motifs is 1. The van der Waals surface area contributed by atoms with E-state index in [0.29, 0.717) is 33.6 Å². The fourth-order valence-electron chi connectivity index (χ4n) is 4.41. The van der Waals surface area contributed by atoms with Crippen molar-refractivity contribution in [2.45, 2.75) is 19.9 Å². The van der Waals surface area contributed by atoms with Gasteiger partial charge < -0.3 is 14.2 Å². The van der Waals surface area contributed by atoms with E-state index < -0.39 is 22.0 Å². The van der Waals surface area contributed by atoms with E-state index in [-0.39, 0.29) is 27.5 Å². The van der Waals surface area contributed by atoms with Crippen molar-refractivity contribution in [2.75, 3.05) is 11.6 Å². The molecule has 0 saturated carbocycles. The second kappa shape index (κ2) is 10.6. The molecule has 12 heteroatoms. The summed E-state index contributed by atoms with van der Waals surface area (Å²) in [5, 5.41) is 3.54. The van der Waals surface area contributed by atoms with Crippen LogP contribution in [0.1, 0.15) is 34.6 Å². The first-order chi connectivity index (χ1) is 19.0. The topological polar surface area (TPSA) is 144 Å². The van der Waals surface area contributed by atoms with E-state index in [0.717, 1.165) is 11.8 Å². The average Bonchev–Trinajstić information content (AvgIpc) is 3.43. The number of anilines is 1. The van der Waals surface area contributed by atoms with Crippen molar-refractivity contribution in [1.29, 1.82) is 0 Å². The third kappa shape index (κ3) is 5.47. The van der Waals surface area contributed by atoms with E-state index in [1.165, 1.54) is 24.8 Å². The van der Waals surface area contributed by atoms with Crippen LogP contribution in [-0.2, 0) is 10.0 Å². The van der Waals surface area contributed by atoms with E-state index in [9.17, 15) is 18.0 Å². The van der Waals surface area contributed by atoms with Crippen LogP contribution in [0.5, 0.6) is 0 Å². The number of hydrogen-bond donors (Lipinski definition) is 2. The number of oxazole rings is 1. The number of nitrogens with zero attached hydrogens (tertiary/aromatic N) is 2. The number of rotatable bonds is 7. The molecule has 204 valence electrons. The zero-order valence-electron chi connectivity index (χ0n) is 21.6. The molecule has 0 aliphatic rings. The quantitative estimate of drug-likeness (QED) is 0.245. The molecule has 40 heavy (non-hydrogen) atoms. The lowest BCUT2D eigenvalue weighted by atomic mass is 9.97. The van der Waals surface area contributed by atoms with Crippen LogP contribution in [-0.4, -0.2) is 30.5 Å². The summed E-state index contributed by atoms with van der Waals surface area (Å²) in [6.45, 7) is 3.67. The lowest BCUT2D eigenvalue weighted by molar-refractivity contribution is 0.0977. The Bertz CT molecular complexity index is 1910. The van der Waals surface area contributed by atoms with Gasteiger partial charge in [-0.1, -0.05) is 48.0 Å². The molecule has 0 aliphatic heterocycles. The minimum atomic E-state index is -3.85. The number of aromatic nitrogens is 2. The molecule has 3 aromatic heterocycles. The smallest absolute Gasteiger partial charge is 0.285 e. The van der Waals surface area contributed by atoms with E-state index in [4.69, 9.17) is 20.4 Å². The van der Waals surface area contributed by atoms with Crippen LogP contribution in [0.4, 0.5) is 5.69 Å². The first kappa shape index (κ1) is 27.1. The largest absolute Gasteiger partial charge is 0.455 e. The molecule has 1 amide bonds. The van der Waals surface area contributed by atoms with Gasteiger partial charge in [0.05, 0.1) is 28.9 Å². The monoisotopic (exact) mass is 578 g/mol. The van der Waals surface area contributed by atoms with Gasteiger partial charge in [-0.05, 0) is 37.6 Å². The molecule has 0 bridgehead atoms. The fraction of sp³-hybridized carbons (Fsp3) is 0.143. The number of carbonyl (C=O) groups excluding carboxylic acids is 1. The van der Waals surface area contributed by atoms with Gasteiger partial charge in [-0.2, -0.15) is 0 Å². The van der Waals surface area contributed by atoms with Gasteiger partial charge in [0.15, 0.2) is 12.1 Å². The fourth-order valence-corrected chi connectivity index (χ4v) is 4.99. The van der Waals surface area contributed by atoms with Gasteiger partial charge in [0.25, 0.3) is 5.91 Å². The third-order valence-corrected chi connectivity index (χ3v) is 6.85. The summed E-state index contributed by atoms with van der Waals surface area (Å²) in [5.41, 5.74) is 2.79. The summed E-state index contributed by atoms with van der Waals surface area (Å²) in [5.74, 6) is -0.616. The normalized spacial score (nSPS) is 12.3. The van der Waals surface area contributed by atoms with Gasteiger partial charge in [0.2, 0.25) is 15.5 Å². The number of amides is 1. The number of carbonyl (C=O) groups is 1. The summed E-state index contributed by atoms with van der Waals surface area (Å²) in [4.78, 5) is 34.8. The molecular weight excluding hydrogens is 556 g/mol. The SMILES string of the molecule is Cc1cc([C@@H](C)Nc2ccc(Cl)nc2C(=O)NS(C)(=O)=O)c2oc(-c3ccccc3)c(-c3cocn3)c(=O)c2c1. The Kier molecular flexibility index (Phi) is 7.17. The minimum Gasteiger partial charge on any atom is -0.455 e. The highest BCUT2D eigenvalue weighted by atomic mass is 35.5. The molecule has 5 rings (SSSR count). The Morgan fingerprint density at radius 1 is 1.10 bits per heavy atom. The lowest BCUT2D eigenvalue weighted by Crippen LogP contribution is -2.31. The molecule has 0 saturated heterocycles. The molecule has 1 atom stereocenters. The Morgan fingerprint density at radius 3 is 2.52 bits per heavy atom. The Balaban J connectivity index is 1.67. The number of sulfonamides is 1. The van der Waals surface area contributed by atoms with Crippen molar-refractivity contribution >= 4 is 44.2 Å². The lowest BCUT2D eigenvalue weighted by Gasteiger charge is -2.20. The first-order valence-corrected chi connectivity index (χ1v) is 14.3. The third-order valence-electron chi connectivity index (χ3n) is 6.08. The van der Waals surface area contributed by atoms with E-state index in [1.54, 1.807) is 6.07 Å². The van der Waals surface area contributed by atoms with Crippen molar-refractivity contribution in [2.24, 2.45) is 0 Å². The van der Waals surface area contributed by atoms with Crippen LogP contribution in [0, 0.1) is 6.92 Å². The van der Waals surface area contributed by atoms with Gasteiger partial charge in [0, 0.05) is 11.1 Å². The highest BCUT2D eigenvalue weighted by Gasteiger charge is 2.24. The summed E-state index contributed by atoms with van der Waals surface area (Å²) in [6.07, 6.45) is 3.50. The van der Waals surface area contributed by atoms with E-state index >= 15 is 0 Å². The maximum Gasteiger partial charge on any atom is 0.285 e. The number of benzene rings is 2. The van der Waals surface area contributed by atoms with Crippen molar-refractivity contribution in [3.63, 3.8) is 0 Å². The summed E-state index contributed by atoms with van der Waals surface area (Å²) in [7, 11) is -3.85. The predicted molar refractivity (Wildman–Crippen MR) is 152 cm³/mol. The van der Waals surface area contributed by atoms with E-state index in [2.05, 4.69) is 15.3 Å². The van der Waals surface area contributed by atoms with Gasteiger partial charge in [-0.3, -0.25) is 9.59 Å². The molecule has 0 unspecified atom stereocenters. The molecule has 5 aromatic rings. The number of pyridine rings is 1. The first-order valence-electron chi connectivity index (χ1n) is 12.0. The van der Waals surface area contributed by atoms with Crippen LogP contribution in [0.15, 0.2) is 80.9 Å². The summed E-state index contributed by atoms with van der Waals surface area (Å²) >= 11 is 6.00. The highest BCUT2D eigenvalue weighted by molar-refractivity contribution is 7.89. The minimum absolute atomic E-state index is 0.0109. The van der Waals surface area contributed by atoms with Crippen LogP contribution < -0.4 is 15.5 Å². The van der Waals surface area contributed by atoms with Gasteiger partial charge in [0.1, 0.15) is 28.5 Å². The van der Waals surface area contributed by atoms with Crippen molar-refractivity contribution in [3.8, 4) is 22.6 Å². The molecule has 2 N–H and O–H groups in total. The molecule has 0 radical (unpaired) electrons. The molecule has 3 heterocycles. The maximum atomic E-state index is 13.9. The second-order valence-corrected chi connectivity index (χ2v) is 11.3. The Labute approximate surface area is 234 Å². The second-order valence-electron chi connectivity index (χ2n) is 9.21. The Hall–Kier alpha value is -4.48.